The number of aromatic nitrogens is 1. The molecule has 2 heterocycles. The molecular formula is C24H26ClN3O2. The summed E-state index contributed by atoms with van der Waals surface area (Å²) in [5, 5.41) is 1.75. The lowest BCUT2D eigenvalue weighted by molar-refractivity contribution is 0.0522. The molecule has 156 valence electrons. The molecule has 0 spiro atoms. The van der Waals surface area contributed by atoms with E-state index in [0.717, 1.165) is 59.0 Å². The van der Waals surface area contributed by atoms with Gasteiger partial charge in [-0.3, -0.25) is 9.88 Å². The van der Waals surface area contributed by atoms with E-state index < -0.39 is 0 Å². The number of fused-ring (bicyclic) bond motifs is 1. The molecule has 1 aromatic heterocycles. The maximum Gasteiger partial charge on any atom is 0.340 e. The van der Waals surface area contributed by atoms with Crippen molar-refractivity contribution in [2.24, 2.45) is 0 Å². The number of hydrogen-bond donors (Lipinski definition) is 0. The molecule has 2 aromatic carbocycles. The van der Waals surface area contributed by atoms with Gasteiger partial charge in [-0.05, 0) is 43.7 Å². The van der Waals surface area contributed by atoms with Crippen LogP contribution in [0.5, 0.6) is 0 Å². The maximum absolute atomic E-state index is 12.7. The van der Waals surface area contributed by atoms with Gasteiger partial charge >= 0.3 is 5.97 Å². The van der Waals surface area contributed by atoms with Crippen LogP contribution < -0.4 is 4.90 Å². The number of carbonyl (C=O) groups is 1. The first-order valence-electron chi connectivity index (χ1n) is 10.3. The van der Waals surface area contributed by atoms with Crippen LogP contribution in [0.15, 0.2) is 48.5 Å². The smallest absolute Gasteiger partial charge is 0.340 e. The average molecular weight is 424 g/mol. The Morgan fingerprint density at radius 1 is 1.10 bits per heavy atom. The first kappa shape index (κ1) is 20.6. The molecule has 0 saturated carbocycles. The van der Waals surface area contributed by atoms with Crippen molar-refractivity contribution in [1.82, 2.24) is 9.88 Å². The largest absolute Gasteiger partial charge is 0.462 e. The van der Waals surface area contributed by atoms with Gasteiger partial charge in [0.2, 0.25) is 0 Å². The molecule has 0 atom stereocenters. The zero-order valence-corrected chi connectivity index (χ0v) is 18.2. The average Bonchev–Trinajstić information content (AvgIpc) is 2.74. The highest BCUT2D eigenvalue weighted by atomic mass is 35.5. The molecule has 1 saturated heterocycles. The summed E-state index contributed by atoms with van der Waals surface area (Å²) in [6.45, 7) is 8.38. The van der Waals surface area contributed by atoms with Crippen molar-refractivity contribution in [3.63, 3.8) is 0 Å². The van der Waals surface area contributed by atoms with Gasteiger partial charge in [0.1, 0.15) is 0 Å². The van der Waals surface area contributed by atoms with Gasteiger partial charge in [-0.15, -0.1) is 0 Å². The molecule has 4 rings (SSSR count). The SMILES string of the molecule is CCOC(=O)c1c(CN2CCN(c3cccc(Cl)c3)CC2)nc2ccccc2c1C. The minimum atomic E-state index is -0.291. The molecule has 6 heteroatoms. The number of nitrogens with zero attached hydrogens (tertiary/aromatic N) is 3. The molecule has 1 fully saturated rings. The lowest BCUT2D eigenvalue weighted by Crippen LogP contribution is -2.46. The Bertz CT molecular complexity index is 1060. The Balaban J connectivity index is 1.56. The number of aryl methyl sites for hydroxylation is 1. The first-order valence-corrected chi connectivity index (χ1v) is 10.7. The fourth-order valence-electron chi connectivity index (χ4n) is 4.08. The third kappa shape index (κ3) is 4.27. The van der Waals surface area contributed by atoms with Gasteiger partial charge in [-0.2, -0.15) is 0 Å². The fraction of sp³-hybridized carbons (Fsp3) is 0.333. The van der Waals surface area contributed by atoms with Gasteiger partial charge < -0.3 is 9.64 Å². The van der Waals surface area contributed by atoms with Gasteiger partial charge in [0.05, 0.1) is 23.4 Å². The maximum atomic E-state index is 12.7. The number of ether oxygens (including phenoxy) is 1. The molecule has 5 nitrogen and oxygen atoms in total. The molecule has 0 amide bonds. The van der Waals surface area contributed by atoms with Crippen LogP contribution in [0.4, 0.5) is 5.69 Å². The van der Waals surface area contributed by atoms with E-state index >= 15 is 0 Å². The van der Waals surface area contributed by atoms with E-state index in [-0.39, 0.29) is 5.97 Å². The number of halogens is 1. The molecule has 0 bridgehead atoms. The molecule has 30 heavy (non-hydrogen) atoms. The quantitative estimate of drug-likeness (QED) is 0.557. The van der Waals surface area contributed by atoms with E-state index in [4.69, 9.17) is 21.3 Å². The lowest BCUT2D eigenvalue weighted by atomic mass is 10.0. The van der Waals surface area contributed by atoms with Crippen molar-refractivity contribution in [3.8, 4) is 0 Å². The Hall–Kier alpha value is -2.63. The van der Waals surface area contributed by atoms with Crippen LogP contribution in [0.2, 0.25) is 5.02 Å². The minimum absolute atomic E-state index is 0.291. The van der Waals surface area contributed by atoms with Crippen LogP contribution in [-0.4, -0.2) is 48.6 Å². The summed E-state index contributed by atoms with van der Waals surface area (Å²) in [5.74, 6) is -0.291. The fourth-order valence-corrected chi connectivity index (χ4v) is 4.26. The van der Waals surface area contributed by atoms with E-state index in [1.165, 1.54) is 0 Å². The van der Waals surface area contributed by atoms with Crippen molar-refractivity contribution in [2.75, 3.05) is 37.7 Å². The van der Waals surface area contributed by atoms with Crippen molar-refractivity contribution in [3.05, 3.63) is 70.4 Å². The van der Waals surface area contributed by atoms with Crippen LogP contribution in [0, 0.1) is 6.92 Å². The lowest BCUT2D eigenvalue weighted by Gasteiger charge is -2.36. The van der Waals surface area contributed by atoms with Crippen molar-refractivity contribution in [2.45, 2.75) is 20.4 Å². The number of piperazine rings is 1. The Morgan fingerprint density at radius 3 is 2.60 bits per heavy atom. The van der Waals surface area contributed by atoms with Crippen molar-refractivity contribution >= 4 is 34.2 Å². The van der Waals surface area contributed by atoms with Gasteiger partial charge in [-0.1, -0.05) is 35.9 Å². The second-order valence-corrected chi connectivity index (χ2v) is 7.98. The molecule has 0 radical (unpaired) electrons. The van der Waals surface area contributed by atoms with E-state index in [9.17, 15) is 4.79 Å². The van der Waals surface area contributed by atoms with Crippen LogP contribution in [0.1, 0.15) is 28.5 Å². The Kier molecular flexibility index (Phi) is 6.21. The second kappa shape index (κ2) is 9.02. The number of carbonyl (C=O) groups excluding carboxylic acids is 1. The van der Waals surface area contributed by atoms with Gasteiger partial charge in [-0.25, -0.2) is 4.79 Å². The van der Waals surface area contributed by atoms with Crippen molar-refractivity contribution < 1.29 is 9.53 Å². The van der Waals surface area contributed by atoms with Crippen LogP contribution in [-0.2, 0) is 11.3 Å². The zero-order chi connectivity index (χ0) is 21.1. The molecule has 1 aliphatic heterocycles. The molecular weight excluding hydrogens is 398 g/mol. The number of rotatable bonds is 5. The van der Waals surface area contributed by atoms with E-state index in [1.54, 1.807) is 0 Å². The number of hydrogen-bond acceptors (Lipinski definition) is 5. The summed E-state index contributed by atoms with van der Waals surface area (Å²) in [6.07, 6.45) is 0. The standard InChI is InChI=1S/C24H26ClN3O2/c1-3-30-24(29)23-17(2)20-9-4-5-10-21(20)26-22(23)16-27-11-13-28(14-12-27)19-8-6-7-18(25)15-19/h4-10,15H,3,11-14,16H2,1-2H3. The first-order chi connectivity index (χ1) is 14.6. The third-order valence-corrected chi connectivity index (χ3v) is 5.86. The highest BCUT2D eigenvalue weighted by Crippen LogP contribution is 2.26. The topological polar surface area (TPSA) is 45.7 Å². The predicted molar refractivity (Wildman–Crippen MR) is 121 cm³/mol. The van der Waals surface area contributed by atoms with Gasteiger partial charge in [0.25, 0.3) is 0 Å². The second-order valence-electron chi connectivity index (χ2n) is 7.54. The number of benzene rings is 2. The van der Waals surface area contributed by atoms with E-state index in [1.807, 2.05) is 56.3 Å². The molecule has 0 aliphatic carbocycles. The van der Waals surface area contributed by atoms with Crippen LogP contribution >= 0.6 is 11.6 Å². The molecule has 0 N–H and O–H groups in total. The van der Waals surface area contributed by atoms with Crippen molar-refractivity contribution in [1.29, 1.82) is 0 Å². The van der Waals surface area contributed by atoms with Crippen LogP contribution in [0.3, 0.4) is 0 Å². The highest BCUT2D eigenvalue weighted by molar-refractivity contribution is 6.30. The molecule has 3 aromatic rings. The number of pyridine rings is 1. The molecule has 1 aliphatic rings. The number of para-hydroxylation sites is 1. The summed E-state index contributed by atoms with van der Waals surface area (Å²) < 4.78 is 5.36. The minimum Gasteiger partial charge on any atom is -0.462 e. The van der Waals surface area contributed by atoms with E-state index in [2.05, 4.69) is 15.9 Å². The zero-order valence-electron chi connectivity index (χ0n) is 17.4. The molecule has 0 unspecified atom stereocenters. The Labute approximate surface area is 182 Å². The summed E-state index contributed by atoms with van der Waals surface area (Å²) in [7, 11) is 0. The third-order valence-electron chi connectivity index (χ3n) is 5.63. The Morgan fingerprint density at radius 2 is 1.87 bits per heavy atom. The predicted octanol–water partition coefficient (Wildman–Crippen LogP) is 4.70. The summed E-state index contributed by atoms with van der Waals surface area (Å²) >= 11 is 6.15. The number of esters is 1. The van der Waals surface area contributed by atoms with E-state index in [0.29, 0.717) is 18.7 Å². The summed E-state index contributed by atoms with van der Waals surface area (Å²) in [5.41, 5.74) is 4.39. The summed E-state index contributed by atoms with van der Waals surface area (Å²) in [4.78, 5) is 22.3. The number of anilines is 1. The van der Waals surface area contributed by atoms with Gasteiger partial charge in [0.15, 0.2) is 0 Å². The van der Waals surface area contributed by atoms with Gasteiger partial charge in [0, 0.05) is 48.8 Å². The van der Waals surface area contributed by atoms with Crippen LogP contribution in [0.25, 0.3) is 10.9 Å². The summed E-state index contributed by atoms with van der Waals surface area (Å²) in [6, 6.07) is 15.9. The highest BCUT2D eigenvalue weighted by Gasteiger charge is 2.24. The normalized spacial score (nSPS) is 14.8. The monoisotopic (exact) mass is 423 g/mol.